The summed E-state index contributed by atoms with van der Waals surface area (Å²) in [6, 6.07) is 12.8. The van der Waals surface area contributed by atoms with Crippen molar-refractivity contribution in [1.29, 1.82) is 0 Å². The number of ketones is 1. The van der Waals surface area contributed by atoms with Crippen molar-refractivity contribution in [2.75, 3.05) is 11.1 Å². The van der Waals surface area contributed by atoms with Crippen LogP contribution in [0.25, 0.3) is 11.4 Å². The van der Waals surface area contributed by atoms with Gasteiger partial charge in [0.1, 0.15) is 0 Å². The van der Waals surface area contributed by atoms with Crippen LogP contribution in [0.2, 0.25) is 5.02 Å². The quantitative estimate of drug-likeness (QED) is 0.330. The fourth-order valence-electron chi connectivity index (χ4n) is 3.27. The van der Waals surface area contributed by atoms with E-state index < -0.39 is 0 Å². The molecular formula is C22H19ClN4O2S. The first kappa shape index (κ1) is 20.4. The number of halogens is 1. The molecule has 0 unspecified atom stereocenters. The number of aromatic nitrogens is 3. The van der Waals surface area contributed by atoms with Crippen molar-refractivity contribution < 1.29 is 9.59 Å². The largest absolute Gasteiger partial charge is 0.326 e. The molecule has 152 valence electrons. The van der Waals surface area contributed by atoms with E-state index in [2.05, 4.69) is 22.1 Å². The topological polar surface area (TPSA) is 76.9 Å². The Bertz CT molecular complexity index is 1120. The van der Waals surface area contributed by atoms with E-state index in [1.807, 2.05) is 22.8 Å². The minimum Gasteiger partial charge on any atom is -0.326 e. The number of hydrogen-bond donors (Lipinski definition) is 1. The summed E-state index contributed by atoms with van der Waals surface area (Å²) < 4.78 is 1.93. The van der Waals surface area contributed by atoms with E-state index in [4.69, 9.17) is 11.6 Å². The van der Waals surface area contributed by atoms with Crippen LogP contribution in [0.15, 0.2) is 60.3 Å². The highest BCUT2D eigenvalue weighted by Crippen LogP contribution is 2.27. The number of anilines is 1. The molecule has 2 aromatic carbocycles. The summed E-state index contributed by atoms with van der Waals surface area (Å²) >= 11 is 7.32. The van der Waals surface area contributed by atoms with E-state index in [-0.39, 0.29) is 17.4 Å². The van der Waals surface area contributed by atoms with Gasteiger partial charge >= 0.3 is 0 Å². The summed E-state index contributed by atoms with van der Waals surface area (Å²) in [5.41, 5.74) is 3.30. The van der Waals surface area contributed by atoms with Gasteiger partial charge in [-0.2, -0.15) is 0 Å². The number of nitrogens with zero attached hydrogens (tertiary/aromatic N) is 3. The third-order valence-corrected chi connectivity index (χ3v) is 6.00. The second-order valence-corrected chi connectivity index (χ2v) is 8.22. The molecule has 0 saturated heterocycles. The monoisotopic (exact) mass is 438 g/mol. The number of allylic oxidation sites excluding steroid dienone is 1. The van der Waals surface area contributed by atoms with Crippen LogP contribution in [0.1, 0.15) is 22.3 Å². The maximum Gasteiger partial charge on any atom is 0.224 e. The lowest BCUT2D eigenvalue weighted by Gasteiger charge is -2.17. The fourth-order valence-corrected chi connectivity index (χ4v) is 4.24. The predicted octanol–water partition coefficient (Wildman–Crippen LogP) is 4.64. The van der Waals surface area contributed by atoms with Crippen LogP contribution >= 0.6 is 23.4 Å². The molecule has 0 spiro atoms. The molecule has 0 saturated carbocycles. The molecule has 4 rings (SSSR count). The van der Waals surface area contributed by atoms with E-state index in [1.54, 1.807) is 30.3 Å². The van der Waals surface area contributed by atoms with Crippen LogP contribution in [0.3, 0.4) is 0 Å². The molecule has 30 heavy (non-hydrogen) atoms. The van der Waals surface area contributed by atoms with Gasteiger partial charge in [0.2, 0.25) is 5.91 Å². The number of fused-ring (bicyclic) bond motifs is 1. The third-order valence-electron chi connectivity index (χ3n) is 4.79. The number of aryl methyl sites for hydroxylation is 1. The molecule has 0 atom stereocenters. The predicted molar refractivity (Wildman–Crippen MR) is 119 cm³/mol. The van der Waals surface area contributed by atoms with Crippen LogP contribution in [0.4, 0.5) is 5.69 Å². The zero-order chi connectivity index (χ0) is 21.1. The summed E-state index contributed by atoms with van der Waals surface area (Å²) in [7, 11) is 0. The van der Waals surface area contributed by atoms with Crippen LogP contribution in [-0.4, -0.2) is 32.2 Å². The average molecular weight is 439 g/mol. The SMILES string of the molecule is C=CCn1c(SCC(=O)c2ccc3c(c2)CCC(=O)N3)nnc1-c1ccc(Cl)cc1. The van der Waals surface area contributed by atoms with Crippen LogP contribution in [-0.2, 0) is 17.8 Å². The van der Waals surface area contributed by atoms with Crippen molar-refractivity contribution >= 4 is 40.7 Å². The standard InChI is InChI=1S/C22H19ClN4O2S/c1-2-11-27-21(14-3-7-17(23)8-4-14)25-26-22(27)30-13-19(28)16-5-9-18-15(12-16)6-10-20(29)24-18/h2-5,7-9,12H,1,6,10-11,13H2,(H,24,29). The van der Waals surface area contributed by atoms with Gasteiger partial charge in [0.25, 0.3) is 0 Å². The molecule has 0 aliphatic carbocycles. The Morgan fingerprint density at radius 1 is 1.20 bits per heavy atom. The minimum absolute atomic E-state index is 0.000830. The number of hydrogen-bond acceptors (Lipinski definition) is 5. The molecule has 0 bridgehead atoms. The lowest BCUT2D eigenvalue weighted by Crippen LogP contribution is -2.19. The molecule has 6 nitrogen and oxygen atoms in total. The van der Waals surface area contributed by atoms with Gasteiger partial charge in [-0.3, -0.25) is 14.2 Å². The zero-order valence-corrected chi connectivity index (χ0v) is 17.7. The minimum atomic E-state index is 0.000830. The first-order valence-corrected chi connectivity index (χ1v) is 10.8. The number of carbonyl (C=O) groups excluding carboxylic acids is 2. The highest BCUT2D eigenvalue weighted by molar-refractivity contribution is 7.99. The van der Waals surface area contributed by atoms with Crippen molar-refractivity contribution in [2.24, 2.45) is 0 Å². The Morgan fingerprint density at radius 3 is 2.77 bits per heavy atom. The van der Waals surface area contributed by atoms with Crippen molar-refractivity contribution in [3.8, 4) is 11.4 Å². The zero-order valence-electron chi connectivity index (χ0n) is 16.1. The fraction of sp³-hybridized carbons (Fsp3) is 0.182. The molecule has 3 aromatic rings. The van der Waals surface area contributed by atoms with Gasteiger partial charge in [0, 0.05) is 34.8 Å². The normalized spacial score (nSPS) is 12.9. The molecule has 1 amide bonds. The smallest absolute Gasteiger partial charge is 0.224 e. The molecule has 2 heterocycles. The van der Waals surface area contributed by atoms with Crippen LogP contribution < -0.4 is 5.32 Å². The number of thioether (sulfide) groups is 1. The highest BCUT2D eigenvalue weighted by atomic mass is 35.5. The molecule has 8 heteroatoms. The molecule has 1 aliphatic rings. The number of rotatable bonds is 7. The molecule has 0 radical (unpaired) electrons. The lowest BCUT2D eigenvalue weighted by atomic mass is 9.99. The first-order chi connectivity index (χ1) is 14.5. The highest BCUT2D eigenvalue weighted by Gasteiger charge is 2.18. The van der Waals surface area contributed by atoms with Crippen molar-refractivity contribution in [1.82, 2.24) is 14.8 Å². The van der Waals surface area contributed by atoms with Gasteiger partial charge in [-0.15, -0.1) is 16.8 Å². The second kappa shape index (κ2) is 8.85. The molecule has 0 fully saturated rings. The summed E-state index contributed by atoms with van der Waals surface area (Å²) in [4.78, 5) is 24.3. The number of nitrogens with one attached hydrogen (secondary N) is 1. The summed E-state index contributed by atoms with van der Waals surface area (Å²) in [5, 5.41) is 12.7. The Labute approximate surface area is 183 Å². The van der Waals surface area contributed by atoms with E-state index >= 15 is 0 Å². The molecule has 1 aliphatic heterocycles. The van der Waals surface area contributed by atoms with Crippen LogP contribution in [0.5, 0.6) is 0 Å². The number of Topliss-reactive ketones (excluding diaryl/α,β-unsaturated/α-hetero) is 1. The summed E-state index contributed by atoms with van der Waals surface area (Å²) in [6.07, 6.45) is 2.86. The molecular weight excluding hydrogens is 420 g/mol. The maximum absolute atomic E-state index is 12.8. The summed E-state index contributed by atoms with van der Waals surface area (Å²) in [5.74, 6) is 0.947. The Morgan fingerprint density at radius 2 is 2.00 bits per heavy atom. The average Bonchev–Trinajstić information content (AvgIpc) is 3.15. The van der Waals surface area contributed by atoms with Crippen molar-refractivity contribution in [3.05, 3.63) is 71.3 Å². The second-order valence-electron chi connectivity index (χ2n) is 6.84. The van der Waals surface area contributed by atoms with E-state index in [0.29, 0.717) is 41.0 Å². The van der Waals surface area contributed by atoms with Gasteiger partial charge in [0.05, 0.1) is 5.75 Å². The van der Waals surface area contributed by atoms with E-state index in [1.165, 1.54) is 11.8 Å². The van der Waals surface area contributed by atoms with Crippen molar-refractivity contribution in [3.63, 3.8) is 0 Å². The number of carbonyl (C=O) groups is 2. The van der Waals surface area contributed by atoms with Gasteiger partial charge < -0.3 is 5.32 Å². The lowest BCUT2D eigenvalue weighted by molar-refractivity contribution is -0.116. The van der Waals surface area contributed by atoms with E-state index in [0.717, 1.165) is 16.8 Å². The Balaban J connectivity index is 1.51. The first-order valence-electron chi connectivity index (χ1n) is 9.44. The number of benzene rings is 2. The Hall–Kier alpha value is -2.90. The van der Waals surface area contributed by atoms with E-state index in [9.17, 15) is 9.59 Å². The van der Waals surface area contributed by atoms with Gasteiger partial charge in [0.15, 0.2) is 16.8 Å². The summed E-state index contributed by atoms with van der Waals surface area (Å²) in [6.45, 7) is 4.34. The third kappa shape index (κ3) is 4.32. The van der Waals surface area contributed by atoms with Crippen LogP contribution in [0, 0.1) is 0 Å². The van der Waals surface area contributed by atoms with Gasteiger partial charge in [-0.25, -0.2) is 0 Å². The Kier molecular flexibility index (Phi) is 6.01. The van der Waals surface area contributed by atoms with Crippen molar-refractivity contribution in [2.45, 2.75) is 24.5 Å². The molecule has 1 aromatic heterocycles. The maximum atomic E-state index is 12.8. The van der Waals surface area contributed by atoms with Gasteiger partial charge in [-0.1, -0.05) is 29.4 Å². The van der Waals surface area contributed by atoms with Gasteiger partial charge in [-0.05, 0) is 54.4 Å². The number of amides is 1. The molecule has 1 N–H and O–H groups in total.